The summed E-state index contributed by atoms with van der Waals surface area (Å²) in [7, 11) is -1.43. The van der Waals surface area contributed by atoms with Crippen LogP contribution in [-0.2, 0) is 5.41 Å². The standard InChI is InChI=1S/C39H29NOS/c1-42(2)36-23-13-9-19-31(36)39(32-25-24-28-27-16-6-12-22-35(27)41-37(28)38(32)42)29-17-7-10-20-33(29)40(26-14-4-3-5-15-26)34-21-11-8-18-30(34)39/h3-25H,1-2H3. The monoisotopic (exact) mass is 559 g/mol. The van der Waals surface area contributed by atoms with Crippen molar-refractivity contribution in [1.82, 2.24) is 0 Å². The summed E-state index contributed by atoms with van der Waals surface area (Å²) >= 11 is 0. The Kier molecular flexibility index (Phi) is 4.79. The van der Waals surface area contributed by atoms with Gasteiger partial charge in [-0.3, -0.25) is 0 Å². The maximum atomic E-state index is 6.81. The third-order valence-corrected chi connectivity index (χ3v) is 12.3. The van der Waals surface area contributed by atoms with Crippen molar-refractivity contribution in [2.45, 2.75) is 15.2 Å². The van der Waals surface area contributed by atoms with Crippen molar-refractivity contribution >= 4 is 49.0 Å². The zero-order valence-electron chi connectivity index (χ0n) is 23.5. The summed E-state index contributed by atoms with van der Waals surface area (Å²) in [5, 5.41) is 2.38. The highest BCUT2D eigenvalue weighted by Gasteiger charge is 2.53. The van der Waals surface area contributed by atoms with E-state index in [1.165, 1.54) is 54.2 Å². The van der Waals surface area contributed by atoms with Crippen LogP contribution in [0.1, 0.15) is 22.3 Å². The quantitative estimate of drug-likeness (QED) is 0.199. The van der Waals surface area contributed by atoms with Crippen LogP contribution in [-0.4, -0.2) is 12.5 Å². The topological polar surface area (TPSA) is 16.4 Å². The van der Waals surface area contributed by atoms with Gasteiger partial charge >= 0.3 is 0 Å². The average molecular weight is 560 g/mol. The molecule has 1 spiro atoms. The van der Waals surface area contributed by atoms with Gasteiger partial charge in [0.15, 0.2) is 0 Å². The molecule has 0 saturated carbocycles. The molecule has 0 amide bonds. The van der Waals surface area contributed by atoms with E-state index in [4.69, 9.17) is 4.42 Å². The van der Waals surface area contributed by atoms with Crippen LogP contribution >= 0.6 is 10.0 Å². The summed E-state index contributed by atoms with van der Waals surface area (Å²) in [6.07, 6.45) is 4.89. The largest absolute Gasteiger partial charge is 0.455 e. The number of para-hydroxylation sites is 4. The smallest absolute Gasteiger partial charge is 0.148 e. The van der Waals surface area contributed by atoms with Gasteiger partial charge in [-0.15, -0.1) is 0 Å². The molecule has 7 aromatic rings. The van der Waals surface area contributed by atoms with Crippen LogP contribution in [0.25, 0.3) is 21.9 Å². The molecule has 3 heterocycles. The molecule has 0 saturated heterocycles. The summed E-state index contributed by atoms with van der Waals surface area (Å²) in [6.45, 7) is 0. The highest BCUT2D eigenvalue weighted by molar-refractivity contribution is 8.33. The first-order valence-electron chi connectivity index (χ1n) is 14.4. The van der Waals surface area contributed by atoms with E-state index >= 15 is 0 Å². The Balaban J connectivity index is 1.50. The molecule has 0 unspecified atom stereocenters. The van der Waals surface area contributed by atoms with Crippen LogP contribution < -0.4 is 4.90 Å². The molecule has 2 nitrogen and oxygen atoms in total. The number of furan rings is 1. The van der Waals surface area contributed by atoms with Gasteiger partial charge in [0, 0.05) is 21.4 Å². The van der Waals surface area contributed by atoms with Gasteiger partial charge in [-0.25, -0.2) is 0 Å². The molecule has 0 atom stereocenters. The fourth-order valence-electron chi connectivity index (χ4n) is 7.72. The number of benzene rings is 6. The average Bonchev–Trinajstić information content (AvgIpc) is 3.42. The van der Waals surface area contributed by atoms with Crippen molar-refractivity contribution in [2.24, 2.45) is 0 Å². The van der Waals surface area contributed by atoms with Gasteiger partial charge in [-0.2, -0.15) is 10.0 Å². The minimum absolute atomic E-state index is 0.500. The minimum Gasteiger partial charge on any atom is -0.455 e. The van der Waals surface area contributed by atoms with E-state index in [1.54, 1.807) is 0 Å². The highest BCUT2D eigenvalue weighted by Crippen LogP contribution is 2.72. The van der Waals surface area contributed by atoms with E-state index in [0.29, 0.717) is 0 Å². The summed E-state index contributed by atoms with van der Waals surface area (Å²) in [6, 6.07) is 51.1. The Bertz CT molecular complexity index is 2140. The number of nitrogens with zero attached hydrogens (tertiary/aromatic N) is 1. The van der Waals surface area contributed by atoms with Gasteiger partial charge in [0.2, 0.25) is 0 Å². The first-order valence-corrected chi connectivity index (χ1v) is 16.9. The summed E-state index contributed by atoms with van der Waals surface area (Å²) in [4.78, 5) is 5.21. The molecule has 0 N–H and O–H groups in total. The fraction of sp³-hybridized carbons (Fsp3) is 0.0769. The molecule has 9 rings (SSSR count). The third kappa shape index (κ3) is 2.86. The second-order valence-electron chi connectivity index (χ2n) is 11.7. The third-order valence-electron chi connectivity index (χ3n) is 9.37. The van der Waals surface area contributed by atoms with Gasteiger partial charge in [-0.1, -0.05) is 103 Å². The molecule has 0 aliphatic carbocycles. The number of anilines is 3. The molecule has 3 heteroatoms. The minimum atomic E-state index is -1.43. The van der Waals surface area contributed by atoms with Crippen LogP contribution in [0.4, 0.5) is 17.1 Å². The Morgan fingerprint density at radius 2 is 1.12 bits per heavy atom. The SMILES string of the molecule is CS1(C)c2ccccc2C2(c3ccccc3N(c3ccccc3)c3ccccc32)c2ccc3c(oc4ccccc43)c21. The maximum Gasteiger partial charge on any atom is 0.148 e. The predicted molar refractivity (Wildman–Crippen MR) is 176 cm³/mol. The highest BCUT2D eigenvalue weighted by atomic mass is 32.3. The van der Waals surface area contributed by atoms with Crippen molar-refractivity contribution in [3.05, 3.63) is 162 Å². The van der Waals surface area contributed by atoms with Crippen molar-refractivity contribution < 1.29 is 4.42 Å². The summed E-state index contributed by atoms with van der Waals surface area (Å²) in [5.74, 6) is 0. The summed E-state index contributed by atoms with van der Waals surface area (Å²) in [5.41, 5.74) is 10.4. The lowest BCUT2D eigenvalue weighted by molar-refractivity contribution is 0.642. The number of fused-ring (bicyclic) bond motifs is 12. The zero-order valence-corrected chi connectivity index (χ0v) is 24.4. The molecule has 202 valence electrons. The van der Waals surface area contributed by atoms with Crippen molar-refractivity contribution in [1.29, 1.82) is 0 Å². The first-order chi connectivity index (χ1) is 20.6. The Hall–Kier alpha value is -4.73. The van der Waals surface area contributed by atoms with E-state index in [1.807, 2.05) is 0 Å². The molecule has 2 aliphatic heterocycles. The molecular weight excluding hydrogens is 531 g/mol. The van der Waals surface area contributed by atoms with Crippen molar-refractivity contribution in [2.75, 3.05) is 17.4 Å². The van der Waals surface area contributed by atoms with Crippen molar-refractivity contribution in [3.8, 4) is 0 Å². The molecule has 6 aromatic carbocycles. The van der Waals surface area contributed by atoms with E-state index in [9.17, 15) is 0 Å². The first kappa shape index (κ1) is 23.9. The molecule has 0 bridgehead atoms. The Labute approximate surface area is 247 Å². The van der Waals surface area contributed by atoms with E-state index in [0.717, 1.165) is 16.9 Å². The molecule has 2 aliphatic rings. The molecule has 1 aromatic heterocycles. The molecule has 0 fully saturated rings. The van der Waals surface area contributed by atoms with Crippen LogP contribution in [0.15, 0.2) is 154 Å². The predicted octanol–water partition coefficient (Wildman–Crippen LogP) is 10.5. The van der Waals surface area contributed by atoms with Crippen LogP contribution in [0.3, 0.4) is 0 Å². The second-order valence-corrected chi connectivity index (χ2v) is 15.2. The number of rotatable bonds is 1. The van der Waals surface area contributed by atoms with E-state index < -0.39 is 15.4 Å². The van der Waals surface area contributed by atoms with Gasteiger partial charge in [-0.05, 0) is 76.1 Å². The zero-order chi connectivity index (χ0) is 28.1. The number of hydrogen-bond donors (Lipinski definition) is 0. The summed E-state index contributed by atoms with van der Waals surface area (Å²) < 4.78 is 6.81. The van der Waals surface area contributed by atoms with Gasteiger partial charge in [0.05, 0.1) is 16.8 Å². The maximum absolute atomic E-state index is 6.81. The molecular formula is C39H29NOS. The molecule has 42 heavy (non-hydrogen) atoms. The lowest BCUT2D eigenvalue weighted by Gasteiger charge is -2.53. The van der Waals surface area contributed by atoms with E-state index in [-0.39, 0.29) is 0 Å². The Morgan fingerprint density at radius 3 is 1.86 bits per heavy atom. The van der Waals surface area contributed by atoms with Crippen molar-refractivity contribution in [3.63, 3.8) is 0 Å². The second kappa shape index (κ2) is 8.40. The van der Waals surface area contributed by atoms with Gasteiger partial charge < -0.3 is 9.32 Å². The fourth-order valence-corrected chi connectivity index (χ4v) is 10.5. The lowest BCUT2D eigenvalue weighted by Crippen LogP contribution is -2.41. The van der Waals surface area contributed by atoms with Crippen LogP contribution in [0.5, 0.6) is 0 Å². The Morgan fingerprint density at radius 1 is 0.524 bits per heavy atom. The van der Waals surface area contributed by atoms with Gasteiger partial charge in [0.1, 0.15) is 11.2 Å². The molecule has 0 radical (unpaired) electrons. The van der Waals surface area contributed by atoms with Crippen LogP contribution in [0.2, 0.25) is 0 Å². The van der Waals surface area contributed by atoms with Crippen LogP contribution in [0, 0.1) is 0 Å². The normalized spacial score (nSPS) is 16.5. The van der Waals surface area contributed by atoms with Gasteiger partial charge in [0.25, 0.3) is 0 Å². The lowest BCUT2D eigenvalue weighted by atomic mass is 9.62. The number of hydrogen-bond acceptors (Lipinski definition) is 2. The van der Waals surface area contributed by atoms with E-state index in [2.05, 4.69) is 157 Å².